The fraction of sp³-hybridized carbons (Fsp3) is 0.609. The van der Waals surface area contributed by atoms with E-state index in [0.717, 1.165) is 24.3 Å². The Morgan fingerprint density at radius 2 is 2.00 bits per heavy atom. The van der Waals surface area contributed by atoms with Crippen molar-refractivity contribution in [1.29, 1.82) is 0 Å². The second-order valence-electron chi connectivity index (χ2n) is 8.46. The van der Waals surface area contributed by atoms with Crippen LogP contribution in [0.25, 0.3) is 0 Å². The Morgan fingerprint density at radius 3 is 2.58 bits per heavy atom. The first kappa shape index (κ1) is 19.0. The molecule has 1 aromatic rings. The molecule has 2 bridgehead atoms. The van der Waals surface area contributed by atoms with Gasteiger partial charge in [0.05, 0.1) is 5.92 Å². The SMILES string of the molecule is CCCC(C(=O)O)C(CC=CCC12CCC(CC1)C2)c1ccccc1O. The van der Waals surface area contributed by atoms with Crippen LogP contribution in [-0.4, -0.2) is 16.2 Å². The minimum atomic E-state index is -0.762. The Morgan fingerprint density at radius 1 is 1.27 bits per heavy atom. The quantitative estimate of drug-likeness (QED) is 0.542. The third-order valence-electron chi connectivity index (χ3n) is 6.73. The van der Waals surface area contributed by atoms with Gasteiger partial charge in [0.2, 0.25) is 0 Å². The summed E-state index contributed by atoms with van der Waals surface area (Å²) in [5.41, 5.74) is 1.29. The van der Waals surface area contributed by atoms with E-state index in [4.69, 9.17) is 0 Å². The monoisotopic (exact) mass is 356 g/mol. The van der Waals surface area contributed by atoms with Gasteiger partial charge in [-0.05, 0) is 74.3 Å². The summed E-state index contributed by atoms with van der Waals surface area (Å²) in [4.78, 5) is 11.9. The van der Waals surface area contributed by atoms with Crippen molar-refractivity contribution in [2.45, 2.75) is 70.6 Å². The van der Waals surface area contributed by atoms with Crippen LogP contribution >= 0.6 is 0 Å². The van der Waals surface area contributed by atoms with E-state index >= 15 is 0 Å². The van der Waals surface area contributed by atoms with Crippen molar-refractivity contribution in [3.8, 4) is 5.75 Å². The number of allylic oxidation sites excluding steroid dienone is 2. The summed E-state index contributed by atoms with van der Waals surface area (Å²) in [6, 6.07) is 7.20. The largest absolute Gasteiger partial charge is 0.508 e. The standard InChI is InChI=1S/C23H32O3/c1-2-7-20(22(25)26)18(19-9-3-4-10-21(19)24)8-5-6-13-23-14-11-17(16-23)12-15-23/h3-6,9-10,17-18,20,24H,2,7-8,11-16H2,1H3,(H,25,26). The maximum atomic E-state index is 11.9. The van der Waals surface area contributed by atoms with Crippen molar-refractivity contribution in [2.24, 2.45) is 17.3 Å². The minimum Gasteiger partial charge on any atom is -0.508 e. The summed E-state index contributed by atoms with van der Waals surface area (Å²) in [7, 11) is 0. The van der Waals surface area contributed by atoms with Gasteiger partial charge in [0.25, 0.3) is 0 Å². The van der Waals surface area contributed by atoms with E-state index in [9.17, 15) is 15.0 Å². The molecule has 3 heteroatoms. The molecule has 0 saturated heterocycles. The molecule has 0 spiro atoms. The number of carbonyl (C=O) groups is 1. The van der Waals surface area contributed by atoms with Gasteiger partial charge in [-0.3, -0.25) is 4.79 Å². The predicted octanol–water partition coefficient (Wildman–Crippen LogP) is 5.89. The van der Waals surface area contributed by atoms with Crippen molar-refractivity contribution in [2.75, 3.05) is 0 Å². The zero-order valence-electron chi connectivity index (χ0n) is 15.9. The molecule has 26 heavy (non-hydrogen) atoms. The Kier molecular flexibility index (Phi) is 6.05. The fourth-order valence-corrected chi connectivity index (χ4v) is 5.29. The molecule has 0 radical (unpaired) electrons. The van der Waals surface area contributed by atoms with Crippen LogP contribution in [0.2, 0.25) is 0 Å². The Balaban J connectivity index is 1.72. The van der Waals surface area contributed by atoms with Gasteiger partial charge in [-0.2, -0.15) is 0 Å². The highest BCUT2D eigenvalue weighted by Gasteiger charge is 2.43. The van der Waals surface area contributed by atoms with E-state index in [-0.39, 0.29) is 11.7 Å². The molecule has 2 aliphatic rings. The number of aliphatic carboxylic acids is 1. The molecule has 2 N–H and O–H groups in total. The van der Waals surface area contributed by atoms with Crippen molar-refractivity contribution < 1.29 is 15.0 Å². The van der Waals surface area contributed by atoms with Crippen LogP contribution in [0.1, 0.15) is 76.2 Å². The smallest absolute Gasteiger partial charge is 0.307 e. The lowest BCUT2D eigenvalue weighted by atomic mass is 9.79. The number of aromatic hydroxyl groups is 1. The molecular formula is C23H32O3. The topological polar surface area (TPSA) is 57.5 Å². The lowest BCUT2D eigenvalue weighted by Gasteiger charge is -2.25. The number of phenols is 1. The third-order valence-corrected chi connectivity index (χ3v) is 6.73. The van der Waals surface area contributed by atoms with Crippen LogP contribution in [0.3, 0.4) is 0 Å². The van der Waals surface area contributed by atoms with E-state index in [0.29, 0.717) is 18.3 Å². The molecule has 0 aliphatic heterocycles. The molecule has 1 aromatic carbocycles. The van der Waals surface area contributed by atoms with E-state index in [1.807, 2.05) is 19.1 Å². The molecule has 0 aromatic heterocycles. The highest BCUT2D eigenvalue weighted by Crippen LogP contribution is 2.56. The highest BCUT2D eigenvalue weighted by molar-refractivity contribution is 5.71. The molecule has 2 aliphatic carbocycles. The fourth-order valence-electron chi connectivity index (χ4n) is 5.29. The Bertz CT molecular complexity index is 641. The Labute approximate surface area is 157 Å². The predicted molar refractivity (Wildman–Crippen MR) is 104 cm³/mol. The van der Waals surface area contributed by atoms with Crippen LogP contribution in [0, 0.1) is 17.3 Å². The number of hydrogen-bond acceptors (Lipinski definition) is 2. The number of rotatable bonds is 9. The summed E-state index contributed by atoms with van der Waals surface area (Å²) >= 11 is 0. The highest BCUT2D eigenvalue weighted by atomic mass is 16.4. The average Bonchev–Trinajstić information content (AvgIpc) is 3.22. The van der Waals surface area contributed by atoms with Gasteiger partial charge in [0, 0.05) is 5.92 Å². The average molecular weight is 357 g/mol. The van der Waals surface area contributed by atoms with Gasteiger partial charge in [-0.25, -0.2) is 0 Å². The maximum Gasteiger partial charge on any atom is 0.307 e. The van der Waals surface area contributed by atoms with Gasteiger partial charge in [0.1, 0.15) is 5.75 Å². The second-order valence-corrected chi connectivity index (χ2v) is 8.46. The number of fused-ring (bicyclic) bond motifs is 2. The van der Waals surface area contributed by atoms with Crippen LogP contribution in [0.4, 0.5) is 0 Å². The van der Waals surface area contributed by atoms with Gasteiger partial charge in [-0.1, -0.05) is 43.7 Å². The lowest BCUT2D eigenvalue weighted by Crippen LogP contribution is -2.22. The van der Waals surface area contributed by atoms with E-state index < -0.39 is 11.9 Å². The van der Waals surface area contributed by atoms with Gasteiger partial charge < -0.3 is 10.2 Å². The maximum absolute atomic E-state index is 11.9. The first-order chi connectivity index (χ1) is 12.5. The number of carboxylic acids is 1. The van der Waals surface area contributed by atoms with E-state index in [2.05, 4.69) is 12.2 Å². The first-order valence-electron chi connectivity index (χ1n) is 10.2. The number of hydrogen-bond donors (Lipinski definition) is 2. The van der Waals surface area contributed by atoms with Crippen LogP contribution in [-0.2, 0) is 4.79 Å². The van der Waals surface area contributed by atoms with E-state index in [1.54, 1.807) is 12.1 Å². The number of phenolic OH excluding ortho intramolecular Hbond substituents is 1. The number of para-hydroxylation sites is 1. The molecule has 2 fully saturated rings. The molecule has 3 rings (SSSR count). The summed E-state index contributed by atoms with van der Waals surface area (Å²) in [6.07, 6.45) is 14.6. The van der Waals surface area contributed by atoms with Crippen molar-refractivity contribution >= 4 is 5.97 Å². The van der Waals surface area contributed by atoms with Crippen molar-refractivity contribution in [3.05, 3.63) is 42.0 Å². The summed E-state index contributed by atoms with van der Waals surface area (Å²) in [6.45, 7) is 2.02. The third kappa shape index (κ3) is 4.13. The zero-order valence-corrected chi connectivity index (χ0v) is 15.9. The van der Waals surface area contributed by atoms with Crippen LogP contribution < -0.4 is 0 Å². The van der Waals surface area contributed by atoms with Crippen molar-refractivity contribution in [1.82, 2.24) is 0 Å². The molecule has 142 valence electrons. The summed E-state index contributed by atoms with van der Waals surface area (Å²) in [5.74, 6) is -0.234. The van der Waals surface area contributed by atoms with E-state index in [1.165, 1.54) is 32.1 Å². The molecule has 3 nitrogen and oxygen atoms in total. The molecule has 2 atom stereocenters. The first-order valence-corrected chi connectivity index (χ1v) is 10.2. The molecule has 0 amide bonds. The molecular weight excluding hydrogens is 324 g/mol. The lowest BCUT2D eigenvalue weighted by molar-refractivity contribution is -0.142. The zero-order chi connectivity index (χ0) is 18.6. The summed E-state index contributed by atoms with van der Waals surface area (Å²) < 4.78 is 0. The second kappa shape index (κ2) is 8.28. The number of carboxylic acid groups (broad SMARTS) is 1. The normalized spacial score (nSPS) is 27.0. The molecule has 2 unspecified atom stereocenters. The summed E-state index contributed by atoms with van der Waals surface area (Å²) in [5, 5.41) is 20.0. The van der Waals surface area contributed by atoms with Gasteiger partial charge in [0.15, 0.2) is 0 Å². The number of benzene rings is 1. The van der Waals surface area contributed by atoms with Crippen molar-refractivity contribution in [3.63, 3.8) is 0 Å². The van der Waals surface area contributed by atoms with Gasteiger partial charge in [-0.15, -0.1) is 0 Å². The minimum absolute atomic E-state index is 0.178. The Hall–Kier alpha value is -1.77. The molecule has 0 heterocycles. The van der Waals surface area contributed by atoms with Crippen LogP contribution in [0.5, 0.6) is 5.75 Å². The van der Waals surface area contributed by atoms with Gasteiger partial charge >= 0.3 is 5.97 Å². The molecule has 2 saturated carbocycles. The van der Waals surface area contributed by atoms with Crippen LogP contribution in [0.15, 0.2) is 36.4 Å².